The minimum atomic E-state index is -0.552. The van der Waals surface area contributed by atoms with Crippen molar-refractivity contribution in [3.63, 3.8) is 0 Å². The Morgan fingerprint density at radius 3 is 2.27 bits per heavy atom. The summed E-state index contributed by atoms with van der Waals surface area (Å²) < 4.78 is 10.8. The highest BCUT2D eigenvalue weighted by molar-refractivity contribution is 5.70. The number of carbonyl (C=O) groups excluding carboxylic acids is 1. The zero-order chi connectivity index (χ0) is 18.4. The SMILES string of the molecule is COc1ccc(C(C=O)c2ccc(OCc3ccccc3)cc2O)cc1. The van der Waals surface area contributed by atoms with Crippen molar-refractivity contribution in [1.82, 2.24) is 0 Å². The van der Waals surface area contributed by atoms with Crippen molar-refractivity contribution in [2.45, 2.75) is 12.5 Å². The average molecular weight is 348 g/mol. The summed E-state index contributed by atoms with van der Waals surface area (Å²) in [6, 6.07) is 22.0. The van der Waals surface area contributed by atoms with Crippen LogP contribution in [0.25, 0.3) is 0 Å². The van der Waals surface area contributed by atoms with Gasteiger partial charge in [-0.05, 0) is 29.3 Å². The molecule has 0 bridgehead atoms. The van der Waals surface area contributed by atoms with E-state index in [-0.39, 0.29) is 5.75 Å². The number of aldehydes is 1. The van der Waals surface area contributed by atoms with Crippen LogP contribution in [0.3, 0.4) is 0 Å². The topological polar surface area (TPSA) is 55.8 Å². The largest absolute Gasteiger partial charge is 0.507 e. The molecule has 26 heavy (non-hydrogen) atoms. The van der Waals surface area contributed by atoms with Crippen LogP contribution in [0.4, 0.5) is 0 Å². The maximum Gasteiger partial charge on any atom is 0.131 e. The Labute approximate surface area is 152 Å². The molecule has 0 saturated heterocycles. The first-order valence-corrected chi connectivity index (χ1v) is 8.30. The molecule has 1 N–H and O–H groups in total. The number of phenols is 1. The van der Waals surface area contributed by atoms with Crippen molar-refractivity contribution < 1.29 is 19.4 Å². The van der Waals surface area contributed by atoms with Crippen molar-refractivity contribution >= 4 is 6.29 Å². The van der Waals surface area contributed by atoms with Crippen LogP contribution in [0, 0.1) is 0 Å². The van der Waals surface area contributed by atoms with Gasteiger partial charge in [-0.2, -0.15) is 0 Å². The Kier molecular flexibility index (Phi) is 5.54. The number of methoxy groups -OCH3 is 1. The molecule has 3 rings (SSSR count). The number of rotatable bonds is 7. The van der Waals surface area contributed by atoms with Gasteiger partial charge >= 0.3 is 0 Å². The summed E-state index contributed by atoms with van der Waals surface area (Å²) in [6.07, 6.45) is 0.821. The molecule has 3 aromatic rings. The third-order valence-electron chi connectivity index (χ3n) is 4.20. The molecule has 0 aliphatic carbocycles. The van der Waals surface area contributed by atoms with E-state index in [1.165, 1.54) is 6.07 Å². The van der Waals surface area contributed by atoms with Crippen LogP contribution in [0.5, 0.6) is 17.2 Å². The van der Waals surface area contributed by atoms with Gasteiger partial charge in [0.25, 0.3) is 0 Å². The Balaban J connectivity index is 1.77. The van der Waals surface area contributed by atoms with Gasteiger partial charge in [0, 0.05) is 11.6 Å². The van der Waals surface area contributed by atoms with Gasteiger partial charge in [-0.15, -0.1) is 0 Å². The first-order valence-electron chi connectivity index (χ1n) is 8.30. The number of hydrogen-bond donors (Lipinski definition) is 1. The molecule has 0 saturated carbocycles. The molecule has 0 amide bonds. The van der Waals surface area contributed by atoms with Crippen molar-refractivity contribution in [3.05, 3.63) is 89.5 Å². The number of aromatic hydroxyl groups is 1. The van der Waals surface area contributed by atoms with Gasteiger partial charge < -0.3 is 19.4 Å². The van der Waals surface area contributed by atoms with Gasteiger partial charge in [0.2, 0.25) is 0 Å². The molecule has 1 atom stereocenters. The molecular formula is C22H20O4. The van der Waals surface area contributed by atoms with E-state index < -0.39 is 5.92 Å². The highest BCUT2D eigenvalue weighted by Gasteiger charge is 2.17. The fraction of sp³-hybridized carbons (Fsp3) is 0.136. The summed E-state index contributed by atoms with van der Waals surface area (Å²) >= 11 is 0. The summed E-state index contributed by atoms with van der Waals surface area (Å²) in [5.74, 6) is 0.745. The third kappa shape index (κ3) is 4.03. The fourth-order valence-electron chi connectivity index (χ4n) is 2.76. The summed E-state index contributed by atoms with van der Waals surface area (Å²) in [6.45, 7) is 0.412. The second-order valence-electron chi connectivity index (χ2n) is 5.88. The summed E-state index contributed by atoms with van der Waals surface area (Å²) in [4.78, 5) is 11.6. The van der Waals surface area contributed by atoms with Crippen LogP contribution in [0.15, 0.2) is 72.8 Å². The molecule has 0 aromatic heterocycles. The van der Waals surface area contributed by atoms with Gasteiger partial charge in [0.1, 0.15) is 30.1 Å². The van der Waals surface area contributed by atoms with E-state index in [2.05, 4.69) is 0 Å². The Morgan fingerprint density at radius 2 is 1.65 bits per heavy atom. The molecule has 3 aromatic carbocycles. The highest BCUT2D eigenvalue weighted by Crippen LogP contribution is 2.33. The first-order chi connectivity index (χ1) is 12.7. The van der Waals surface area contributed by atoms with E-state index in [1.807, 2.05) is 42.5 Å². The molecule has 4 nitrogen and oxygen atoms in total. The molecule has 0 aliphatic heterocycles. The molecular weight excluding hydrogens is 328 g/mol. The minimum absolute atomic E-state index is 0.0310. The van der Waals surface area contributed by atoms with E-state index in [0.717, 1.165) is 17.4 Å². The molecule has 4 heteroatoms. The maximum absolute atomic E-state index is 11.6. The molecule has 0 aliphatic rings. The van der Waals surface area contributed by atoms with E-state index in [1.54, 1.807) is 31.4 Å². The van der Waals surface area contributed by atoms with Crippen LogP contribution in [0.2, 0.25) is 0 Å². The lowest BCUT2D eigenvalue weighted by molar-refractivity contribution is -0.108. The van der Waals surface area contributed by atoms with Crippen molar-refractivity contribution in [2.24, 2.45) is 0 Å². The van der Waals surface area contributed by atoms with Crippen LogP contribution in [-0.4, -0.2) is 18.5 Å². The number of benzene rings is 3. The number of carbonyl (C=O) groups is 1. The van der Waals surface area contributed by atoms with Crippen LogP contribution >= 0.6 is 0 Å². The summed E-state index contributed by atoms with van der Waals surface area (Å²) in [5, 5.41) is 10.4. The fourth-order valence-corrected chi connectivity index (χ4v) is 2.76. The second-order valence-corrected chi connectivity index (χ2v) is 5.88. The molecule has 0 heterocycles. The zero-order valence-corrected chi connectivity index (χ0v) is 14.5. The van der Waals surface area contributed by atoms with E-state index in [4.69, 9.17) is 9.47 Å². The van der Waals surface area contributed by atoms with Crippen molar-refractivity contribution in [3.8, 4) is 17.2 Å². The quantitative estimate of drug-likeness (QED) is 0.647. The first kappa shape index (κ1) is 17.5. The minimum Gasteiger partial charge on any atom is -0.507 e. The molecule has 0 spiro atoms. The number of ether oxygens (including phenoxy) is 2. The predicted octanol–water partition coefficient (Wildman–Crippen LogP) is 4.31. The lowest BCUT2D eigenvalue weighted by atomic mass is 9.92. The van der Waals surface area contributed by atoms with Gasteiger partial charge in [0.15, 0.2) is 0 Å². The van der Waals surface area contributed by atoms with E-state index >= 15 is 0 Å². The Hall–Kier alpha value is -3.27. The van der Waals surface area contributed by atoms with Crippen LogP contribution < -0.4 is 9.47 Å². The molecule has 0 radical (unpaired) electrons. The van der Waals surface area contributed by atoms with Gasteiger partial charge in [-0.1, -0.05) is 48.5 Å². The van der Waals surface area contributed by atoms with E-state index in [9.17, 15) is 9.90 Å². The molecule has 132 valence electrons. The smallest absolute Gasteiger partial charge is 0.131 e. The van der Waals surface area contributed by atoms with Gasteiger partial charge in [-0.3, -0.25) is 0 Å². The van der Waals surface area contributed by atoms with Crippen molar-refractivity contribution in [1.29, 1.82) is 0 Å². The third-order valence-corrected chi connectivity index (χ3v) is 4.20. The Bertz CT molecular complexity index is 857. The summed E-state index contributed by atoms with van der Waals surface area (Å²) in [5.41, 5.74) is 2.37. The number of phenolic OH excluding ortho intramolecular Hbond substituents is 1. The van der Waals surface area contributed by atoms with Gasteiger partial charge in [0.05, 0.1) is 13.0 Å². The lowest BCUT2D eigenvalue weighted by Crippen LogP contribution is -2.03. The second kappa shape index (κ2) is 8.21. The molecule has 1 unspecified atom stereocenters. The Morgan fingerprint density at radius 1 is 0.962 bits per heavy atom. The van der Waals surface area contributed by atoms with E-state index in [0.29, 0.717) is 23.7 Å². The monoisotopic (exact) mass is 348 g/mol. The zero-order valence-electron chi connectivity index (χ0n) is 14.5. The highest BCUT2D eigenvalue weighted by atomic mass is 16.5. The summed E-state index contributed by atoms with van der Waals surface area (Å²) in [7, 11) is 1.59. The number of hydrogen-bond acceptors (Lipinski definition) is 4. The normalized spacial score (nSPS) is 11.6. The van der Waals surface area contributed by atoms with Gasteiger partial charge in [-0.25, -0.2) is 0 Å². The van der Waals surface area contributed by atoms with Crippen LogP contribution in [0.1, 0.15) is 22.6 Å². The molecule has 0 fully saturated rings. The predicted molar refractivity (Wildman–Crippen MR) is 99.8 cm³/mol. The maximum atomic E-state index is 11.6. The standard InChI is InChI=1S/C22H20O4/c1-25-18-9-7-17(8-10-18)21(14-23)20-12-11-19(13-22(20)24)26-15-16-5-3-2-4-6-16/h2-14,21,24H,15H2,1H3. The average Bonchev–Trinajstić information content (AvgIpc) is 2.69. The van der Waals surface area contributed by atoms with Crippen molar-refractivity contribution in [2.75, 3.05) is 7.11 Å². The van der Waals surface area contributed by atoms with Crippen LogP contribution in [-0.2, 0) is 11.4 Å². The lowest BCUT2D eigenvalue weighted by Gasteiger charge is -2.15.